The molecule has 1 aliphatic carbocycles. The lowest BCUT2D eigenvalue weighted by atomic mass is 9.81. The van der Waals surface area contributed by atoms with Gasteiger partial charge in [-0.1, -0.05) is 37.5 Å². The van der Waals surface area contributed by atoms with Crippen LogP contribution < -0.4 is 4.74 Å². The van der Waals surface area contributed by atoms with E-state index in [2.05, 4.69) is 0 Å². The third-order valence-corrected chi connectivity index (χ3v) is 4.30. The van der Waals surface area contributed by atoms with Crippen molar-refractivity contribution in [3.63, 3.8) is 0 Å². The van der Waals surface area contributed by atoms with E-state index < -0.39 is 6.10 Å². The second-order valence-electron chi connectivity index (χ2n) is 6.25. The number of hydrogen-bond donors (Lipinski definition) is 1. The quantitative estimate of drug-likeness (QED) is 0.858. The summed E-state index contributed by atoms with van der Waals surface area (Å²) in [5, 5.41) is 10.8. The highest BCUT2D eigenvalue weighted by Crippen LogP contribution is 2.37. The summed E-state index contributed by atoms with van der Waals surface area (Å²) in [6, 6.07) is 7.75. The maximum Gasteiger partial charge on any atom is 0.125 e. The predicted molar refractivity (Wildman–Crippen MR) is 84.5 cm³/mol. The Morgan fingerprint density at radius 1 is 1.10 bits per heavy atom. The Hall–Kier alpha value is -1.06. The first-order valence-corrected chi connectivity index (χ1v) is 8.10. The smallest absolute Gasteiger partial charge is 0.125 e. The van der Waals surface area contributed by atoms with Crippen LogP contribution in [0.15, 0.2) is 24.3 Å². The van der Waals surface area contributed by atoms with E-state index >= 15 is 0 Å². The Labute approximate surface area is 128 Å². The third kappa shape index (κ3) is 4.21. The van der Waals surface area contributed by atoms with E-state index in [1.165, 1.54) is 19.3 Å². The van der Waals surface area contributed by atoms with Crippen molar-refractivity contribution in [2.24, 2.45) is 5.92 Å². The maximum atomic E-state index is 10.8. The van der Waals surface area contributed by atoms with Crippen LogP contribution in [0.25, 0.3) is 0 Å². The molecule has 0 radical (unpaired) electrons. The number of rotatable bonds is 6. The van der Waals surface area contributed by atoms with Crippen molar-refractivity contribution in [2.45, 2.75) is 64.3 Å². The van der Waals surface area contributed by atoms with Crippen LogP contribution in [0.4, 0.5) is 0 Å². The molecule has 2 unspecified atom stereocenters. The van der Waals surface area contributed by atoms with Gasteiger partial charge in [0.2, 0.25) is 0 Å². The van der Waals surface area contributed by atoms with Crippen LogP contribution in [0, 0.1) is 5.92 Å². The van der Waals surface area contributed by atoms with Crippen molar-refractivity contribution in [3.05, 3.63) is 29.8 Å². The monoisotopic (exact) mass is 292 g/mol. The van der Waals surface area contributed by atoms with E-state index in [1.807, 2.05) is 38.1 Å². The highest BCUT2D eigenvalue weighted by atomic mass is 16.5. The van der Waals surface area contributed by atoms with Crippen molar-refractivity contribution < 1.29 is 14.6 Å². The fourth-order valence-electron chi connectivity index (χ4n) is 3.30. The first-order chi connectivity index (χ1) is 10.1. The Balaban J connectivity index is 2.18. The summed E-state index contributed by atoms with van der Waals surface area (Å²) in [4.78, 5) is 0. The maximum absolute atomic E-state index is 10.8. The van der Waals surface area contributed by atoms with Gasteiger partial charge in [-0.15, -0.1) is 0 Å². The summed E-state index contributed by atoms with van der Waals surface area (Å²) >= 11 is 0. The van der Waals surface area contributed by atoms with Crippen molar-refractivity contribution >= 4 is 0 Å². The molecule has 1 aromatic carbocycles. The zero-order chi connectivity index (χ0) is 15.2. The molecule has 0 spiro atoms. The summed E-state index contributed by atoms with van der Waals surface area (Å²) in [5.74, 6) is 1.20. The summed E-state index contributed by atoms with van der Waals surface area (Å²) in [5.41, 5.74) is 0.837. The van der Waals surface area contributed by atoms with E-state index in [4.69, 9.17) is 9.47 Å². The molecule has 2 rings (SSSR count). The standard InChI is InChI=1S/C18H28O3/c1-13(2)21-16-12-8-7-11-15(16)17(19)18(20-3)14-9-5-4-6-10-14/h7-8,11-14,17-19H,4-6,9-10H2,1-3H3. The van der Waals surface area contributed by atoms with Crippen LogP contribution in [0.5, 0.6) is 5.75 Å². The van der Waals surface area contributed by atoms with Crippen molar-refractivity contribution in [3.8, 4) is 5.75 Å². The van der Waals surface area contributed by atoms with E-state index in [0.717, 1.165) is 24.2 Å². The minimum Gasteiger partial charge on any atom is -0.491 e. The van der Waals surface area contributed by atoms with Crippen LogP contribution in [0.1, 0.15) is 57.6 Å². The fourth-order valence-corrected chi connectivity index (χ4v) is 3.30. The van der Waals surface area contributed by atoms with Crippen molar-refractivity contribution in [1.82, 2.24) is 0 Å². The van der Waals surface area contributed by atoms with Crippen LogP contribution in [-0.2, 0) is 4.74 Å². The molecule has 118 valence electrons. The molecule has 1 saturated carbocycles. The normalized spacial score (nSPS) is 19.5. The Bertz CT molecular complexity index is 424. The zero-order valence-electron chi connectivity index (χ0n) is 13.4. The van der Waals surface area contributed by atoms with Gasteiger partial charge in [-0.3, -0.25) is 0 Å². The highest BCUT2D eigenvalue weighted by Gasteiger charge is 2.32. The van der Waals surface area contributed by atoms with Gasteiger partial charge < -0.3 is 14.6 Å². The van der Waals surface area contributed by atoms with Crippen LogP contribution in [0.3, 0.4) is 0 Å². The number of ether oxygens (including phenoxy) is 2. The molecule has 0 bridgehead atoms. The lowest BCUT2D eigenvalue weighted by Crippen LogP contribution is -2.31. The highest BCUT2D eigenvalue weighted by molar-refractivity contribution is 5.36. The van der Waals surface area contributed by atoms with Gasteiger partial charge in [-0.2, -0.15) is 0 Å². The van der Waals surface area contributed by atoms with Gasteiger partial charge in [0.05, 0.1) is 12.2 Å². The molecule has 1 aromatic rings. The minimum absolute atomic E-state index is 0.0917. The number of aliphatic hydroxyl groups is 1. The van der Waals surface area contributed by atoms with Crippen LogP contribution in [-0.4, -0.2) is 24.4 Å². The molecular weight excluding hydrogens is 264 g/mol. The summed E-state index contributed by atoms with van der Waals surface area (Å²) in [7, 11) is 1.70. The summed E-state index contributed by atoms with van der Waals surface area (Å²) in [6.45, 7) is 4.00. The lowest BCUT2D eigenvalue weighted by Gasteiger charge is -2.33. The second-order valence-corrected chi connectivity index (χ2v) is 6.25. The van der Waals surface area contributed by atoms with Gasteiger partial charge in [0, 0.05) is 12.7 Å². The largest absolute Gasteiger partial charge is 0.491 e. The SMILES string of the molecule is COC(C1CCCCC1)C(O)c1ccccc1OC(C)C. The number of para-hydroxylation sites is 1. The van der Waals surface area contributed by atoms with Crippen molar-refractivity contribution in [1.29, 1.82) is 0 Å². The molecule has 0 amide bonds. The Morgan fingerprint density at radius 3 is 2.38 bits per heavy atom. The zero-order valence-corrected chi connectivity index (χ0v) is 13.4. The molecule has 0 aliphatic heterocycles. The van der Waals surface area contributed by atoms with Gasteiger partial charge >= 0.3 is 0 Å². The topological polar surface area (TPSA) is 38.7 Å². The number of aliphatic hydroxyl groups excluding tert-OH is 1. The molecule has 3 nitrogen and oxygen atoms in total. The van der Waals surface area contributed by atoms with Gasteiger partial charge in [0.15, 0.2) is 0 Å². The van der Waals surface area contributed by atoms with Gasteiger partial charge in [-0.05, 0) is 38.7 Å². The van der Waals surface area contributed by atoms with E-state index in [-0.39, 0.29) is 12.2 Å². The average molecular weight is 292 g/mol. The van der Waals surface area contributed by atoms with E-state index in [9.17, 15) is 5.11 Å². The molecule has 21 heavy (non-hydrogen) atoms. The van der Waals surface area contributed by atoms with Crippen LogP contribution in [0.2, 0.25) is 0 Å². The molecule has 0 heterocycles. The second kappa shape index (κ2) is 7.81. The Kier molecular flexibility index (Phi) is 6.07. The molecule has 1 aliphatic rings. The van der Waals surface area contributed by atoms with Gasteiger partial charge in [0.25, 0.3) is 0 Å². The average Bonchev–Trinajstić information content (AvgIpc) is 2.49. The molecule has 3 heteroatoms. The van der Waals surface area contributed by atoms with E-state index in [1.54, 1.807) is 7.11 Å². The molecular formula is C18H28O3. The Morgan fingerprint density at radius 2 is 1.76 bits per heavy atom. The first-order valence-electron chi connectivity index (χ1n) is 8.10. The van der Waals surface area contributed by atoms with E-state index in [0.29, 0.717) is 5.92 Å². The lowest BCUT2D eigenvalue weighted by molar-refractivity contribution is -0.0569. The molecule has 1 N–H and O–H groups in total. The fraction of sp³-hybridized carbons (Fsp3) is 0.667. The number of hydrogen-bond acceptors (Lipinski definition) is 3. The summed E-state index contributed by atoms with van der Waals surface area (Å²) < 4.78 is 11.5. The molecule has 0 aromatic heterocycles. The molecule has 0 saturated heterocycles. The predicted octanol–water partition coefficient (Wildman–Crippen LogP) is 4.10. The van der Waals surface area contributed by atoms with Crippen molar-refractivity contribution in [2.75, 3.05) is 7.11 Å². The van der Waals surface area contributed by atoms with Gasteiger partial charge in [0.1, 0.15) is 11.9 Å². The van der Waals surface area contributed by atoms with Gasteiger partial charge in [-0.25, -0.2) is 0 Å². The first kappa shape index (κ1) is 16.3. The van der Waals surface area contributed by atoms with Crippen LogP contribution >= 0.6 is 0 Å². The number of methoxy groups -OCH3 is 1. The molecule has 2 atom stereocenters. The summed E-state index contributed by atoms with van der Waals surface area (Å²) in [6.07, 6.45) is 5.37. The third-order valence-electron chi connectivity index (χ3n) is 4.30. The molecule has 1 fully saturated rings. The number of benzene rings is 1. The minimum atomic E-state index is -0.631.